The molecular weight excluding hydrogens is 260 g/mol. The lowest BCUT2D eigenvalue weighted by molar-refractivity contribution is 0.486. The van der Waals surface area contributed by atoms with Crippen molar-refractivity contribution in [3.8, 4) is 11.5 Å². The van der Waals surface area contributed by atoms with Gasteiger partial charge in [-0.1, -0.05) is 43.3 Å². The van der Waals surface area contributed by atoms with Gasteiger partial charge in [0.2, 0.25) is 0 Å². The summed E-state index contributed by atoms with van der Waals surface area (Å²) in [5, 5.41) is 5.59. The normalized spacial score (nSPS) is 10.5. The summed E-state index contributed by atoms with van der Waals surface area (Å²) in [4.78, 5) is 4.23. The number of nitrogens with zero attached hydrogens (tertiary/aromatic N) is 1. The molecule has 0 radical (unpaired) electrons. The first-order valence-electron chi connectivity index (χ1n) is 7.21. The van der Waals surface area contributed by atoms with Crippen molar-refractivity contribution in [2.75, 3.05) is 11.9 Å². The fourth-order valence-electron chi connectivity index (χ4n) is 2.25. The molecule has 1 heterocycles. The smallest absolute Gasteiger partial charge is 0.147 e. The lowest BCUT2D eigenvalue weighted by Gasteiger charge is -2.10. The average Bonchev–Trinajstić information content (AvgIpc) is 2.54. The predicted octanol–water partition coefficient (Wildman–Crippen LogP) is 4.85. The molecule has 0 aliphatic heterocycles. The van der Waals surface area contributed by atoms with E-state index in [0.717, 1.165) is 35.5 Å². The highest BCUT2D eigenvalue weighted by Crippen LogP contribution is 2.30. The van der Waals surface area contributed by atoms with Crippen molar-refractivity contribution < 1.29 is 4.74 Å². The van der Waals surface area contributed by atoms with Crippen LogP contribution in [0.25, 0.3) is 10.8 Å². The summed E-state index contributed by atoms with van der Waals surface area (Å²) in [6.07, 6.45) is 4.62. The second kappa shape index (κ2) is 6.27. The molecule has 2 aromatic carbocycles. The fraction of sp³-hybridized carbons (Fsp3) is 0.167. The predicted molar refractivity (Wildman–Crippen MR) is 87.0 cm³/mol. The van der Waals surface area contributed by atoms with E-state index in [0.29, 0.717) is 0 Å². The summed E-state index contributed by atoms with van der Waals surface area (Å²) in [5.41, 5.74) is 0.981. The van der Waals surface area contributed by atoms with Crippen LogP contribution in [0.4, 0.5) is 5.69 Å². The lowest BCUT2D eigenvalue weighted by Crippen LogP contribution is -2.00. The van der Waals surface area contributed by atoms with Gasteiger partial charge >= 0.3 is 0 Å². The Morgan fingerprint density at radius 3 is 2.81 bits per heavy atom. The van der Waals surface area contributed by atoms with Crippen LogP contribution >= 0.6 is 0 Å². The van der Waals surface area contributed by atoms with Crippen molar-refractivity contribution in [1.29, 1.82) is 0 Å². The van der Waals surface area contributed by atoms with Gasteiger partial charge < -0.3 is 10.1 Å². The summed E-state index contributed by atoms with van der Waals surface area (Å²) < 4.78 is 6.01. The van der Waals surface area contributed by atoms with Crippen LogP contribution in [-0.4, -0.2) is 11.5 Å². The van der Waals surface area contributed by atoms with E-state index >= 15 is 0 Å². The summed E-state index contributed by atoms with van der Waals surface area (Å²) in [6.45, 7) is 3.07. The van der Waals surface area contributed by atoms with E-state index in [1.54, 1.807) is 6.20 Å². The highest BCUT2D eigenvalue weighted by Gasteiger charge is 2.04. The molecule has 0 saturated carbocycles. The number of benzene rings is 2. The van der Waals surface area contributed by atoms with Gasteiger partial charge in [0.25, 0.3) is 0 Å². The minimum absolute atomic E-state index is 0.743. The van der Waals surface area contributed by atoms with Crippen molar-refractivity contribution in [1.82, 2.24) is 4.98 Å². The third-order valence-electron chi connectivity index (χ3n) is 3.27. The first-order chi connectivity index (χ1) is 10.4. The Kier molecular flexibility index (Phi) is 4.01. The number of aromatic nitrogens is 1. The van der Waals surface area contributed by atoms with Crippen molar-refractivity contribution in [3.05, 3.63) is 60.9 Å². The van der Waals surface area contributed by atoms with E-state index in [2.05, 4.69) is 35.4 Å². The molecule has 3 aromatic rings. The van der Waals surface area contributed by atoms with Gasteiger partial charge in [0.05, 0.1) is 18.1 Å². The lowest BCUT2D eigenvalue weighted by atomic mass is 10.1. The van der Waals surface area contributed by atoms with Crippen LogP contribution in [-0.2, 0) is 0 Å². The quantitative estimate of drug-likeness (QED) is 0.724. The van der Waals surface area contributed by atoms with E-state index in [4.69, 9.17) is 4.74 Å². The largest absolute Gasteiger partial charge is 0.455 e. The van der Waals surface area contributed by atoms with Gasteiger partial charge in [-0.25, -0.2) is 0 Å². The Bertz CT molecular complexity index is 735. The molecule has 106 valence electrons. The van der Waals surface area contributed by atoms with Gasteiger partial charge in [-0.15, -0.1) is 0 Å². The Balaban J connectivity index is 1.88. The summed E-state index contributed by atoms with van der Waals surface area (Å²) in [5.74, 6) is 1.59. The molecule has 0 spiro atoms. The number of hydrogen-bond acceptors (Lipinski definition) is 3. The molecule has 0 unspecified atom stereocenters. The third-order valence-corrected chi connectivity index (χ3v) is 3.27. The van der Waals surface area contributed by atoms with Gasteiger partial charge in [0.1, 0.15) is 11.5 Å². The van der Waals surface area contributed by atoms with E-state index in [1.807, 2.05) is 36.5 Å². The molecule has 3 heteroatoms. The maximum atomic E-state index is 6.01. The molecule has 21 heavy (non-hydrogen) atoms. The first-order valence-corrected chi connectivity index (χ1v) is 7.21. The van der Waals surface area contributed by atoms with Crippen molar-refractivity contribution in [3.63, 3.8) is 0 Å². The number of fused-ring (bicyclic) bond motifs is 1. The Morgan fingerprint density at radius 2 is 1.90 bits per heavy atom. The summed E-state index contributed by atoms with van der Waals surface area (Å²) >= 11 is 0. The molecule has 1 N–H and O–H groups in total. The first kappa shape index (κ1) is 13.4. The van der Waals surface area contributed by atoms with Crippen LogP contribution in [0.5, 0.6) is 11.5 Å². The summed E-state index contributed by atoms with van der Waals surface area (Å²) in [6, 6.07) is 16.2. The van der Waals surface area contributed by atoms with Crippen LogP contribution in [0.15, 0.2) is 60.9 Å². The molecule has 3 rings (SSSR count). The highest BCUT2D eigenvalue weighted by atomic mass is 16.5. The second-order valence-electron chi connectivity index (χ2n) is 4.92. The van der Waals surface area contributed by atoms with Crippen LogP contribution < -0.4 is 10.1 Å². The summed E-state index contributed by atoms with van der Waals surface area (Å²) in [7, 11) is 0. The van der Waals surface area contributed by atoms with Crippen molar-refractivity contribution in [2.24, 2.45) is 0 Å². The third kappa shape index (κ3) is 3.14. The number of hydrogen-bond donors (Lipinski definition) is 1. The number of ether oxygens (including phenoxy) is 1. The molecule has 0 atom stereocenters. The Morgan fingerprint density at radius 1 is 1.05 bits per heavy atom. The zero-order valence-corrected chi connectivity index (χ0v) is 12.0. The number of anilines is 1. The number of pyridine rings is 1. The Labute approximate surface area is 124 Å². The minimum Gasteiger partial charge on any atom is -0.455 e. The SMILES string of the molecule is CCCNc1cncc(Oc2cccc3ccccc23)c1. The van der Waals surface area contributed by atoms with Gasteiger partial charge in [0, 0.05) is 18.0 Å². The minimum atomic E-state index is 0.743. The van der Waals surface area contributed by atoms with E-state index in [9.17, 15) is 0 Å². The van der Waals surface area contributed by atoms with E-state index < -0.39 is 0 Å². The van der Waals surface area contributed by atoms with E-state index in [1.165, 1.54) is 5.39 Å². The molecule has 0 aliphatic carbocycles. The van der Waals surface area contributed by atoms with E-state index in [-0.39, 0.29) is 0 Å². The van der Waals surface area contributed by atoms with Crippen LogP contribution in [0.1, 0.15) is 13.3 Å². The molecule has 0 saturated heterocycles. The number of nitrogens with one attached hydrogen (secondary N) is 1. The maximum Gasteiger partial charge on any atom is 0.147 e. The molecule has 0 bridgehead atoms. The molecule has 0 amide bonds. The molecule has 3 nitrogen and oxygen atoms in total. The van der Waals surface area contributed by atoms with Crippen molar-refractivity contribution >= 4 is 16.5 Å². The van der Waals surface area contributed by atoms with Crippen molar-refractivity contribution in [2.45, 2.75) is 13.3 Å². The Hall–Kier alpha value is -2.55. The van der Waals surface area contributed by atoms with Crippen LogP contribution in [0.3, 0.4) is 0 Å². The number of rotatable bonds is 5. The van der Waals surface area contributed by atoms with Crippen LogP contribution in [0, 0.1) is 0 Å². The maximum absolute atomic E-state index is 6.01. The second-order valence-corrected chi connectivity index (χ2v) is 4.92. The molecular formula is C18H18N2O. The standard InChI is InChI=1S/C18H18N2O/c1-2-10-20-15-11-16(13-19-12-15)21-18-9-5-7-14-6-3-4-8-17(14)18/h3-9,11-13,20H,2,10H2,1H3. The van der Waals surface area contributed by atoms with Gasteiger partial charge in [-0.3, -0.25) is 4.98 Å². The monoisotopic (exact) mass is 278 g/mol. The van der Waals surface area contributed by atoms with Gasteiger partial charge in [0.15, 0.2) is 0 Å². The zero-order chi connectivity index (χ0) is 14.5. The molecule has 0 fully saturated rings. The average molecular weight is 278 g/mol. The highest BCUT2D eigenvalue weighted by molar-refractivity contribution is 5.88. The molecule has 0 aliphatic rings. The molecule has 1 aromatic heterocycles. The van der Waals surface area contributed by atoms with Crippen LogP contribution in [0.2, 0.25) is 0 Å². The topological polar surface area (TPSA) is 34.2 Å². The fourth-order valence-corrected chi connectivity index (χ4v) is 2.25. The zero-order valence-electron chi connectivity index (χ0n) is 12.0. The van der Waals surface area contributed by atoms with Gasteiger partial charge in [-0.05, 0) is 17.9 Å². The van der Waals surface area contributed by atoms with Gasteiger partial charge in [-0.2, -0.15) is 0 Å².